The Morgan fingerprint density at radius 3 is 2.00 bits per heavy atom. The van der Waals surface area contributed by atoms with Crippen LogP contribution in [0.4, 0.5) is 0 Å². The molecule has 0 saturated heterocycles. The minimum atomic E-state index is -0.541. The first kappa shape index (κ1) is 26.9. The molecule has 0 aliphatic heterocycles. The molecule has 0 spiro atoms. The number of hydrazone groups is 1. The zero-order valence-electron chi connectivity index (χ0n) is 21.2. The van der Waals surface area contributed by atoms with Crippen molar-refractivity contribution in [2.75, 3.05) is 35.0 Å². The summed E-state index contributed by atoms with van der Waals surface area (Å²) in [4.78, 5) is 25.1. The van der Waals surface area contributed by atoms with E-state index in [0.29, 0.717) is 46.5 Å². The van der Waals surface area contributed by atoms with Crippen molar-refractivity contribution in [1.82, 2.24) is 5.43 Å². The SMILES string of the molecule is CCOc1ccc(C(=O)Oc2ccc(C=NNC(=O)c3cc(OC)c(OC)c(OC)c3)cc2OC)cc1. The zero-order chi connectivity index (χ0) is 26.8. The lowest BCUT2D eigenvalue weighted by atomic mass is 10.1. The summed E-state index contributed by atoms with van der Waals surface area (Å²) >= 11 is 0. The second-order valence-corrected chi connectivity index (χ2v) is 7.37. The molecule has 3 aromatic carbocycles. The van der Waals surface area contributed by atoms with Gasteiger partial charge < -0.3 is 28.4 Å². The molecule has 3 aromatic rings. The number of rotatable bonds is 11. The topological polar surface area (TPSA) is 114 Å². The van der Waals surface area contributed by atoms with Crippen LogP contribution in [0.5, 0.6) is 34.5 Å². The fraction of sp³-hybridized carbons (Fsp3) is 0.222. The predicted octanol–water partition coefficient (Wildman–Crippen LogP) is 4.10. The average molecular weight is 509 g/mol. The van der Waals surface area contributed by atoms with E-state index in [1.165, 1.54) is 46.8 Å². The summed E-state index contributed by atoms with van der Waals surface area (Å²) in [7, 11) is 5.86. The number of hydrogen-bond acceptors (Lipinski definition) is 9. The number of nitrogens with one attached hydrogen (secondary N) is 1. The van der Waals surface area contributed by atoms with Crippen molar-refractivity contribution in [1.29, 1.82) is 0 Å². The summed E-state index contributed by atoms with van der Waals surface area (Å²) in [5, 5.41) is 4.00. The van der Waals surface area contributed by atoms with E-state index in [9.17, 15) is 9.59 Å². The van der Waals surface area contributed by atoms with Crippen LogP contribution in [0, 0.1) is 0 Å². The highest BCUT2D eigenvalue weighted by molar-refractivity contribution is 5.96. The number of amides is 1. The number of nitrogens with zero attached hydrogens (tertiary/aromatic N) is 1. The van der Waals surface area contributed by atoms with E-state index < -0.39 is 11.9 Å². The summed E-state index contributed by atoms with van der Waals surface area (Å²) in [6.07, 6.45) is 1.43. The number of carbonyl (C=O) groups excluding carboxylic acids is 2. The molecule has 10 heteroatoms. The van der Waals surface area contributed by atoms with Crippen molar-refractivity contribution in [3.63, 3.8) is 0 Å². The van der Waals surface area contributed by atoms with Crippen LogP contribution < -0.4 is 33.8 Å². The molecule has 0 aliphatic rings. The van der Waals surface area contributed by atoms with E-state index in [-0.39, 0.29) is 11.3 Å². The summed E-state index contributed by atoms with van der Waals surface area (Å²) in [5.41, 5.74) is 3.68. The van der Waals surface area contributed by atoms with E-state index in [2.05, 4.69) is 10.5 Å². The lowest BCUT2D eigenvalue weighted by Crippen LogP contribution is -2.18. The third-order valence-corrected chi connectivity index (χ3v) is 5.10. The van der Waals surface area contributed by atoms with Crippen molar-refractivity contribution >= 4 is 18.1 Å². The van der Waals surface area contributed by atoms with Crippen molar-refractivity contribution in [2.45, 2.75) is 6.92 Å². The van der Waals surface area contributed by atoms with E-state index >= 15 is 0 Å². The maximum atomic E-state index is 12.6. The summed E-state index contributed by atoms with van der Waals surface area (Å²) < 4.78 is 32.0. The summed E-state index contributed by atoms with van der Waals surface area (Å²) in [5.74, 6) is 1.26. The van der Waals surface area contributed by atoms with Crippen molar-refractivity contribution in [3.05, 3.63) is 71.3 Å². The molecule has 0 atom stereocenters. The fourth-order valence-electron chi connectivity index (χ4n) is 3.30. The number of ether oxygens (including phenoxy) is 6. The van der Waals surface area contributed by atoms with Crippen LogP contribution in [0.25, 0.3) is 0 Å². The van der Waals surface area contributed by atoms with Gasteiger partial charge in [-0.2, -0.15) is 5.10 Å². The molecule has 10 nitrogen and oxygen atoms in total. The van der Waals surface area contributed by atoms with Gasteiger partial charge in [-0.15, -0.1) is 0 Å². The Morgan fingerprint density at radius 1 is 0.784 bits per heavy atom. The van der Waals surface area contributed by atoms with Gasteiger partial charge >= 0.3 is 5.97 Å². The van der Waals surface area contributed by atoms with Crippen LogP contribution in [0.3, 0.4) is 0 Å². The zero-order valence-corrected chi connectivity index (χ0v) is 21.2. The predicted molar refractivity (Wildman–Crippen MR) is 137 cm³/mol. The Hall–Kier alpha value is -4.73. The van der Waals surface area contributed by atoms with E-state index in [4.69, 9.17) is 28.4 Å². The van der Waals surface area contributed by atoms with Gasteiger partial charge in [0.1, 0.15) is 5.75 Å². The van der Waals surface area contributed by atoms with E-state index in [0.717, 1.165) is 0 Å². The van der Waals surface area contributed by atoms with E-state index in [1.807, 2.05) is 6.92 Å². The fourth-order valence-corrected chi connectivity index (χ4v) is 3.30. The Labute approximate surface area is 214 Å². The maximum absolute atomic E-state index is 12.6. The second kappa shape index (κ2) is 12.8. The van der Waals surface area contributed by atoms with Gasteiger partial charge in [0.2, 0.25) is 5.75 Å². The molecule has 3 rings (SSSR count). The van der Waals surface area contributed by atoms with Gasteiger partial charge in [0.05, 0.1) is 46.8 Å². The number of carbonyl (C=O) groups is 2. The first-order valence-corrected chi connectivity index (χ1v) is 11.2. The molecule has 0 unspecified atom stereocenters. The van der Waals surface area contributed by atoms with Crippen LogP contribution in [-0.2, 0) is 0 Å². The van der Waals surface area contributed by atoms with Gasteiger partial charge in [-0.1, -0.05) is 0 Å². The van der Waals surface area contributed by atoms with Crippen LogP contribution in [-0.4, -0.2) is 53.1 Å². The Bertz CT molecular complexity index is 1250. The van der Waals surface area contributed by atoms with Gasteiger partial charge in [-0.05, 0) is 67.1 Å². The second-order valence-electron chi connectivity index (χ2n) is 7.37. The lowest BCUT2D eigenvalue weighted by Gasteiger charge is -2.13. The highest BCUT2D eigenvalue weighted by Crippen LogP contribution is 2.38. The molecule has 0 saturated carbocycles. The smallest absolute Gasteiger partial charge is 0.343 e. The summed E-state index contributed by atoms with van der Waals surface area (Å²) in [6.45, 7) is 2.41. The van der Waals surface area contributed by atoms with Crippen LogP contribution in [0.2, 0.25) is 0 Å². The minimum Gasteiger partial charge on any atom is -0.494 e. The Kier molecular flexibility index (Phi) is 9.31. The standard InChI is InChI=1S/C27H28N2O8/c1-6-36-20-10-8-18(9-11-20)27(31)37-21-12-7-17(13-22(21)32-2)16-28-29-26(30)19-14-23(33-3)25(35-5)24(15-19)34-4/h7-16H,6H2,1-5H3,(H,29,30). The Morgan fingerprint density at radius 2 is 1.43 bits per heavy atom. The number of methoxy groups -OCH3 is 4. The molecule has 0 fully saturated rings. The minimum absolute atomic E-state index is 0.236. The maximum Gasteiger partial charge on any atom is 0.343 e. The third kappa shape index (κ3) is 6.69. The van der Waals surface area contributed by atoms with Crippen LogP contribution in [0.1, 0.15) is 33.2 Å². The number of hydrogen-bond donors (Lipinski definition) is 1. The number of esters is 1. The highest BCUT2D eigenvalue weighted by Gasteiger charge is 2.17. The molecule has 0 bridgehead atoms. The molecule has 1 amide bonds. The highest BCUT2D eigenvalue weighted by atomic mass is 16.6. The summed E-state index contributed by atoms with van der Waals surface area (Å²) in [6, 6.07) is 14.5. The normalized spacial score (nSPS) is 10.5. The molecular formula is C27H28N2O8. The van der Waals surface area contributed by atoms with Crippen LogP contribution in [0.15, 0.2) is 59.7 Å². The molecule has 0 aromatic heterocycles. The van der Waals surface area contributed by atoms with Gasteiger partial charge in [0, 0.05) is 5.56 Å². The molecule has 37 heavy (non-hydrogen) atoms. The van der Waals surface area contributed by atoms with Crippen molar-refractivity contribution in [2.24, 2.45) is 5.10 Å². The largest absolute Gasteiger partial charge is 0.494 e. The monoisotopic (exact) mass is 508 g/mol. The molecule has 194 valence electrons. The van der Waals surface area contributed by atoms with Gasteiger partial charge in [0.25, 0.3) is 5.91 Å². The molecule has 0 heterocycles. The molecule has 0 aliphatic carbocycles. The molecular weight excluding hydrogens is 480 g/mol. The van der Waals surface area contributed by atoms with Gasteiger partial charge in [0.15, 0.2) is 23.0 Å². The van der Waals surface area contributed by atoms with Crippen molar-refractivity contribution in [3.8, 4) is 34.5 Å². The van der Waals surface area contributed by atoms with Crippen molar-refractivity contribution < 1.29 is 38.0 Å². The third-order valence-electron chi connectivity index (χ3n) is 5.10. The first-order valence-electron chi connectivity index (χ1n) is 11.2. The van der Waals surface area contributed by atoms with E-state index in [1.54, 1.807) is 42.5 Å². The Balaban J connectivity index is 1.69. The average Bonchev–Trinajstić information content (AvgIpc) is 2.93. The quantitative estimate of drug-likeness (QED) is 0.178. The lowest BCUT2D eigenvalue weighted by molar-refractivity contribution is 0.0729. The first-order chi connectivity index (χ1) is 17.9. The molecule has 1 N–H and O–H groups in total. The van der Waals surface area contributed by atoms with Crippen LogP contribution >= 0.6 is 0 Å². The van der Waals surface area contributed by atoms with Gasteiger partial charge in [-0.3, -0.25) is 4.79 Å². The number of benzene rings is 3. The van der Waals surface area contributed by atoms with Gasteiger partial charge in [-0.25, -0.2) is 10.2 Å². The molecule has 0 radical (unpaired) electrons.